The van der Waals surface area contributed by atoms with Crippen LogP contribution in [0.5, 0.6) is 0 Å². The molecule has 3 nitrogen and oxygen atoms in total. The zero-order valence-corrected chi connectivity index (χ0v) is 13.9. The monoisotopic (exact) mass is 396 g/mol. The highest BCUT2D eigenvalue weighted by atomic mass is 79.9. The van der Waals surface area contributed by atoms with Gasteiger partial charge in [0, 0.05) is 26.7 Å². The van der Waals surface area contributed by atoms with Crippen molar-refractivity contribution in [2.75, 3.05) is 11.5 Å². The number of halogens is 2. The van der Waals surface area contributed by atoms with Crippen LogP contribution in [0.3, 0.4) is 0 Å². The van der Waals surface area contributed by atoms with Crippen LogP contribution in [0.25, 0.3) is 0 Å². The lowest BCUT2D eigenvalue weighted by Crippen LogP contribution is -2.10. The Morgan fingerprint density at radius 2 is 1.94 bits per heavy atom. The van der Waals surface area contributed by atoms with Gasteiger partial charge in [-0.1, -0.05) is 38.8 Å². The van der Waals surface area contributed by atoms with Crippen LogP contribution in [0.1, 0.15) is 30.1 Å². The number of carbonyl (C=O) groups excluding carboxylic acids is 1. The van der Waals surface area contributed by atoms with Crippen LogP contribution >= 0.6 is 31.9 Å². The van der Waals surface area contributed by atoms with Gasteiger partial charge in [0.2, 0.25) is 0 Å². The molecule has 0 atom stereocenters. The summed E-state index contributed by atoms with van der Waals surface area (Å²) in [7, 11) is -2.99. The molecule has 0 bridgehead atoms. The third kappa shape index (κ3) is 4.82. The van der Waals surface area contributed by atoms with Crippen molar-refractivity contribution >= 4 is 47.5 Å². The maximum Gasteiger partial charge on any atom is 0.164 e. The lowest BCUT2D eigenvalue weighted by Gasteiger charge is -2.05. The molecule has 0 saturated heterocycles. The molecule has 6 heteroatoms. The summed E-state index contributed by atoms with van der Waals surface area (Å²) in [6.45, 7) is 1.61. The molecule has 18 heavy (non-hydrogen) atoms. The summed E-state index contributed by atoms with van der Waals surface area (Å²) in [5.74, 6) is 0.150. The van der Waals surface area contributed by atoms with Gasteiger partial charge in [-0.2, -0.15) is 0 Å². The van der Waals surface area contributed by atoms with Crippen molar-refractivity contribution in [3.8, 4) is 0 Å². The van der Waals surface area contributed by atoms with Crippen molar-refractivity contribution in [2.24, 2.45) is 0 Å². The molecule has 0 saturated carbocycles. The molecule has 0 spiro atoms. The molecular formula is C12H14Br2O3S. The topological polar surface area (TPSA) is 51.2 Å². The first-order valence-electron chi connectivity index (χ1n) is 5.54. The first-order valence-corrected chi connectivity index (χ1v) is 8.95. The van der Waals surface area contributed by atoms with Crippen molar-refractivity contribution in [1.29, 1.82) is 0 Å². The number of carbonyl (C=O) groups is 1. The van der Waals surface area contributed by atoms with E-state index in [0.29, 0.717) is 12.0 Å². The second kappa shape index (κ2) is 6.82. The number of hydrogen-bond donors (Lipinski definition) is 0. The fourth-order valence-electron chi connectivity index (χ4n) is 1.44. The molecule has 1 aromatic carbocycles. The highest BCUT2D eigenvalue weighted by Crippen LogP contribution is 2.23. The number of hydrogen-bond acceptors (Lipinski definition) is 3. The number of rotatable bonds is 6. The van der Waals surface area contributed by atoms with E-state index in [4.69, 9.17) is 0 Å². The van der Waals surface area contributed by atoms with E-state index >= 15 is 0 Å². The first kappa shape index (κ1) is 15.9. The van der Waals surface area contributed by atoms with Crippen LogP contribution in [-0.2, 0) is 9.84 Å². The summed E-state index contributed by atoms with van der Waals surface area (Å²) < 4.78 is 24.2. The average molecular weight is 398 g/mol. The molecule has 1 aromatic rings. The molecule has 0 radical (unpaired) electrons. The maximum atomic E-state index is 11.9. The zero-order chi connectivity index (χ0) is 13.8. The Balaban J connectivity index is 2.64. The van der Waals surface area contributed by atoms with E-state index in [1.807, 2.05) is 6.07 Å². The number of ketones is 1. The van der Waals surface area contributed by atoms with Gasteiger partial charge < -0.3 is 0 Å². The Morgan fingerprint density at radius 3 is 2.56 bits per heavy atom. The van der Waals surface area contributed by atoms with Crippen LogP contribution < -0.4 is 0 Å². The summed E-state index contributed by atoms with van der Waals surface area (Å²) in [6, 6.07) is 5.36. The second-order valence-electron chi connectivity index (χ2n) is 3.89. The summed E-state index contributed by atoms with van der Waals surface area (Å²) in [6.07, 6.45) is 0.613. The molecule has 0 aliphatic carbocycles. The molecule has 0 amide bonds. The van der Waals surface area contributed by atoms with Crippen molar-refractivity contribution in [3.63, 3.8) is 0 Å². The highest BCUT2D eigenvalue weighted by molar-refractivity contribution is 9.11. The SMILES string of the molecule is CCS(=O)(=O)CCCC(=O)c1cc(Br)ccc1Br. The van der Waals surface area contributed by atoms with Gasteiger partial charge in [0.15, 0.2) is 5.78 Å². The van der Waals surface area contributed by atoms with Gasteiger partial charge in [0.25, 0.3) is 0 Å². The normalized spacial score (nSPS) is 11.5. The van der Waals surface area contributed by atoms with Gasteiger partial charge in [-0.15, -0.1) is 0 Å². The average Bonchev–Trinajstić information content (AvgIpc) is 2.32. The van der Waals surface area contributed by atoms with Crippen molar-refractivity contribution in [1.82, 2.24) is 0 Å². The van der Waals surface area contributed by atoms with Crippen molar-refractivity contribution in [3.05, 3.63) is 32.7 Å². The molecule has 0 aromatic heterocycles. The van der Waals surface area contributed by atoms with E-state index < -0.39 is 9.84 Å². The van der Waals surface area contributed by atoms with Gasteiger partial charge in [-0.3, -0.25) is 4.79 Å². The number of sulfone groups is 1. The van der Waals surface area contributed by atoms with Crippen molar-refractivity contribution in [2.45, 2.75) is 19.8 Å². The fourth-order valence-corrected chi connectivity index (χ4v) is 3.14. The molecule has 0 fully saturated rings. The summed E-state index contributed by atoms with van der Waals surface area (Å²) in [4.78, 5) is 11.9. The standard InChI is InChI=1S/C12H14Br2O3S/c1-2-18(16,17)7-3-4-12(15)10-8-9(13)5-6-11(10)14/h5-6,8H,2-4,7H2,1H3. The molecular weight excluding hydrogens is 384 g/mol. The fraction of sp³-hybridized carbons (Fsp3) is 0.417. The Hall–Kier alpha value is -0.200. The van der Waals surface area contributed by atoms with Crippen LogP contribution in [0.15, 0.2) is 27.1 Å². The molecule has 0 aliphatic rings. The summed E-state index contributed by atoms with van der Waals surface area (Å²) in [5.41, 5.74) is 0.582. The van der Waals surface area contributed by atoms with E-state index in [0.717, 1.165) is 8.95 Å². The summed E-state index contributed by atoms with van der Waals surface area (Å²) >= 11 is 6.62. The van der Waals surface area contributed by atoms with Crippen LogP contribution in [0, 0.1) is 0 Å². The molecule has 0 aliphatic heterocycles. The Kier molecular flexibility index (Phi) is 6.01. The quantitative estimate of drug-likeness (QED) is 0.689. The largest absolute Gasteiger partial charge is 0.294 e. The Bertz CT molecular complexity index is 538. The predicted molar refractivity (Wildman–Crippen MR) is 79.7 cm³/mol. The Labute approximate surface area is 124 Å². The minimum atomic E-state index is -2.99. The van der Waals surface area contributed by atoms with E-state index in [-0.39, 0.29) is 23.7 Å². The third-order valence-corrected chi connectivity index (χ3v) is 5.50. The Morgan fingerprint density at radius 1 is 1.28 bits per heavy atom. The lowest BCUT2D eigenvalue weighted by atomic mass is 10.1. The molecule has 0 heterocycles. The number of benzene rings is 1. The predicted octanol–water partition coefficient (Wildman–Crippen LogP) is 3.61. The van der Waals surface area contributed by atoms with Gasteiger partial charge in [-0.25, -0.2) is 8.42 Å². The van der Waals surface area contributed by atoms with E-state index in [9.17, 15) is 13.2 Å². The molecule has 1 rings (SSSR count). The minimum absolute atomic E-state index is 0.0468. The van der Waals surface area contributed by atoms with Gasteiger partial charge in [0.1, 0.15) is 9.84 Å². The molecule has 0 N–H and O–H groups in total. The molecule has 100 valence electrons. The third-order valence-electron chi connectivity index (χ3n) is 2.53. The zero-order valence-electron chi connectivity index (χ0n) is 9.95. The van der Waals surface area contributed by atoms with Gasteiger partial charge in [-0.05, 0) is 24.6 Å². The smallest absolute Gasteiger partial charge is 0.164 e. The van der Waals surface area contributed by atoms with Crippen LogP contribution in [0.4, 0.5) is 0 Å². The first-order chi connectivity index (χ1) is 8.35. The van der Waals surface area contributed by atoms with E-state index in [1.54, 1.807) is 19.1 Å². The lowest BCUT2D eigenvalue weighted by molar-refractivity contribution is 0.0981. The van der Waals surface area contributed by atoms with E-state index in [2.05, 4.69) is 31.9 Å². The number of Topliss-reactive ketones (excluding diaryl/α,β-unsaturated/α-hetero) is 1. The summed E-state index contributed by atoms with van der Waals surface area (Å²) in [5, 5.41) is 0. The van der Waals surface area contributed by atoms with E-state index in [1.165, 1.54) is 0 Å². The van der Waals surface area contributed by atoms with Crippen LogP contribution in [-0.4, -0.2) is 25.7 Å². The van der Waals surface area contributed by atoms with Gasteiger partial charge in [0.05, 0.1) is 5.75 Å². The minimum Gasteiger partial charge on any atom is -0.294 e. The van der Waals surface area contributed by atoms with Gasteiger partial charge >= 0.3 is 0 Å². The van der Waals surface area contributed by atoms with Crippen LogP contribution in [0.2, 0.25) is 0 Å². The molecule has 0 unspecified atom stereocenters. The van der Waals surface area contributed by atoms with Crippen molar-refractivity contribution < 1.29 is 13.2 Å². The highest BCUT2D eigenvalue weighted by Gasteiger charge is 2.13. The second-order valence-corrected chi connectivity index (χ2v) is 8.13. The maximum absolute atomic E-state index is 11.9.